The lowest BCUT2D eigenvalue weighted by Gasteiger charge is -2.31. The summed E-state index contributed by atoms with van der Waals surface area (Å²) >= 11 is 0. The molecule has 0 bridgehead atoms. The molecule has 1 saturated heterocycles. The van der Waals surface area contributed by atoms with E-state index >= 15 is 0 Å². The van der Waals surface area contributed by atoms with Crippen LogP contribution >= 0.6 is 0 Å². The minimum atomic E-state index is -3.56. The lowest BCUT2D eigenvalue weighted by Crippen LogP contribution is -2.40. The summed E-state index contributed by atoms with van der Waals surface area (Å²) in [4.78, 5) is 23.3. The van der Waals surface area contributed by atoms with Crippen molar-refractivity contribution >= 4 is 27.5 Å². The number of carbonyl (C=O) groups excluding carboxylic acids is 2. The van der Waals surface area contributed by atoms with E-state index in [0.717, 1.165) is 6.42 Å². The first-order valence-electron chi connectivity index (χ1n) is 9.39. The van der Waals surface area contributed by atoms with Gasteiger partial charge in [-0.05, 0) is 56.4 Å². The first-order chi connectivity index (χ1) is 12.7. The van der Waals surface area contributed by atoms with Crippen LogP contribution in [0.4, 0.5) is 5.69 Å². The molecular formula is C19H29N3O4S. The van der Waals surface area contributed by atoms with Gasteiger partial charge in [-0.2, -0.15) is 4.31 Å². The largest absolute Gasteiger partial charge is 0.354 e. The van der Waals surface area contributed by atoms with Crippen LogP contribution in [0.3, 0.4) is 0 Å². The minimum absolute atomic E-state index is 0.0409. The van der Waals surface area contributed by atoms with Crippen LogP contribution in [0.2, 0.25) is 0 Å². The summed E-state index contributed by atoms with van der Waals surface area (Å²) in [5, 5.41) is 5.58. The fourth-order valence-electron chi connectivity index (χ4n) is 3.11. The molecule has 2 amide bonds. The van der Waals surface area contributed by atoms with E-state index in [-0.39, 0.29) is 28.7 Å². The molecule has 1 aliphatic rings. The van der Waals surface area contributed by atoms with E-state index in [1.54, 1.807) is 12.1 Å². The third-order valence-electron chi connectivity index (χ3n) is 4.88. The van der Waals surface area contributed by atoms with Gasteiger partial charge in [0.25, 0.3) is 0 Å². The maximum atomic E-state index is 12.8. The Bertz CT molecular complexity index is 754. The number of nitrogens with zero attached hydrogens (tertiary/aromatic N) is 1. The fraction of sp³-hybridized carbons (Fsp3) is 0.579. The van der Waals surface area contributed by atoms with Crippen LogP contribution in [0.1, 0.15) is 46.5 Å². The molecule has 1 atom stereocenters. The molecular weight excluding hydrogens is 366 g/mol. The van der Waals surface area contributed by atoms with Crippen molar-refractivity contribution in [3.8, 4) is 0 Å². The molecule has 8 heteroatoms. The molecule has 1 aromatic rings. The lowest BCUT2D eigenvalue weighted by atomic mass is 9.94. The quantitative estimate of drug-likeness (QED) is 0.741. The number of hydrogen-bond donors (Lipinski definition) is 2. The molecule has 0 unspecified atom stereocenters. The third kappa shape index (κ3) is 6.04. The van der Waals surface area contributed by atoms with Crippen molar-refractivity contribution in [2.75, 3.05) is 18.4 Å². The number of sulfonamides is 1. The van der Waals surface area contributed by atoms with Gasteiger partial charge in [-0.15, -0.1) is 0 Å². The van der Waals surface area contributed by atoms with Crippen molar-refractivity contribution in [3.63, 3.8) is 0 Å². The van der Waals surface area contributed by atoms with E-state index in [4.69, 9.17) is 0 Å². The van der Waals surface area contributed by atoms with Gasteiger partial charge < -0.3 is 10.6 Å². The summed E-state index contributed by atoms with van der Waals surface area (Å²) < 4.78 is 27.1. The summed E-state index contributed by atoms with van der Waals surface area (Å²) in [5.74, 6) is 0.0481. The highest BCUT2D eigenvalue weighted by Crippen LogP contribution is 2.26. The zero-order valence-electron chi connectivity index (χ0n) is 16.2. The highest BCUT2D eigenvalue weighted by molar-refractivity contribution is 7.89. The van der Waals surface area contributed by atoms with Crippen molar-refractivity contribution in [3.05, 3.63) is 24.3 Å². The molecule has 1 fully saturated rings. The number of anilines is 1. The average Bonchev–Trinajstić information content (AvgIpc) is 2.62. The van der Waals surface area contributed by atoms with Crippen LogP contribution in [0, 0.1) is 5.92 Å². The van der Waals surface area contributed by atoms with E-state index in [0.29, 0.717) is 38.0 Å². The molecule has 2 rings (SSSR count). The Morgan fingerprint density at radius 3 is 2.30 bits per heavy atom. The van der Waals surface area contributed by atoms with Crippen molar-refractivity contribution in [2.45, 2.75) is 57.4 Å². The van der Waals surface area contributed by atoms with Crippen LogP contribution in [0.15, 0.2) is 29.2 Å². The van der Waals surface area contributed by atoms with Gasteiger partial charge in [0, 0.05) is 38.2 Å². The number of rotatable bonds is 7. The monoisotopic (exact) mass is 395 g/mol. The Hall–Kier alpha value is -1.93. The summed E-state index contributed by atoms with van der Waals surface area (Å²) in [6, 6.07) is 6.34. The standard InChI is InChI=1S/C19H29N3O4S/c1-4-14(2)20-19(24)13-16-9-11-22(12-10-16)27(25,26)18-7-5-17(6-8-18)21-15(3)23/h5-8,14,16H,4,9-13H2,1-3H3,(H,20,24)(H,21,23)/t14-/m1/s1. The normalized spacial score (nSPS) is 17.3. The highest BCUT2D eigenvalue weighted by Gasteiger charge is 2.30. The van der Waals surface area contributed by atoms with Crippen LogP contribution in [0.25, 0.3) is 0 Å². The van der Waals surface area contributed by atoms with Gasteiger partial charge in [-0.1, -0.05) is 6.92 Å². The van der Waals surface area contributed by atoms with Gasteiger partial charge in [0.05, 0.1) is 4.90 Å². The molecule has 0 spiro atoms. The van der Waals surface area contributed by atoms with Crippen LogP contribution in [-0.4, -0.2) is 43.7 Å². The zero-order valence-corrected chi connectivity index (χ0v) is 17.0. The van der Waals surface area contributed by atoms with E-state index < -0.39 is 10.0 Å². The van der Waals surface area contributed by atoms with Gasteiger partial charge >= 0.3 is 0 Å². The molecule has 7 nitrogen and oxygen atoms in total. The number of carbonyl (C=O) groups is 2. The zero-order chi connectivity index (χ0) is 20.0. The third-order valence-corrected chi connectivity index (χ3v) is 6.79. The molecule has 2 N–H and O–H groups in total. The predicted molar refractivity (Wildman–Crippen MR) is 105 cm³/mol. The Labute approximate surface area is 161 Å². The summed E-state index contributed by atoms with van der Waals surface area (Å²) in [6.07, 6.45) is 2.70. The lowest BCUT2D eigenvalue weighted by molar-refractivity contribution is -0.123. The van der Waals surface area contributed by atoms with Crippen LogP contribution in [0.5, 0.6) is 0 Å². The second-order valence-corrected chi connectivity index (χ2v) is 9.07. The van der Waals surface area contributed by atoms with E-state index in [2.05, 4.69) is 10.6 Å². The molecule has 0 radical (unpaired) electrons. The van der Waals surface area contributed by atoms with Crippen LogP contribution < -0.4 is 10.6 Å². The topological polar surface area (TPSA) is 95.6 Å². The van der Waals surface area contributed by atoms with Crippen molar-refractivity contribution in [2.24, 2.45) is 5.92 Å². The summed E-state index contributed by atoms with van der Waals surface area (Å²) in [5.41, 5.74) is 0.562. The number of nitrogens with one attached hydrogen (secondary N) is 2. The number of piperidine rings is 1. The van der Waals surface area contributed by atoms with Crippen molar-refractivity contribution < 1.29 is 18.0 Å². The van der Waals surface area contributed by atoms with Gasteiger partial charge in [0.15, 0.2) is 0 Å². The number of benzene rings is 1. The van der Waals surface area contributed by atoms with Crippen molar-refractivity contribution in [1.82, 2.24) is 9.62 Å². The maximum Gasteiger partial charge on any atom is 0.243 e. The van der Waals surface area contributed by atoms with E-state index in [1.165, 1.54) is 23.4 Å². The summed E-state index contributed by atoms with van der Waals surface area (Å²) in [6.45, 7) is 6.23. The van der Waals surface area contributed by atoms with Gasteiger partial charge in [0.2, 0.25) is 21.8 Å². The molecule has 150 valence electrons. The first-order valence-corrected chi connectivity index (χ1v) is 10.8. The molecule has 1 heterocycles. The Kier molecular flexibility index (Phi) is 7.38. The Morgan fingerprint density at radius 2 is 1.78 bits per heavy atom. The molecule has 0 aliphatic carbocycles. The Morgan fingerprint density at radius 1 is 1.19 bits per heavy atom. The van der Waals surface area contributed by atoms with Crippen LogP contribution in [-0.2, 0) is 19.6 Å². The highest BCUT2D eigenvalue weighted by atomic mass is 32.2. The second-order valence-electron chi connectivity index (χ2n) is 7.13. The molecule has 1 aromatic carbocycles. The predicted octanol–water partition coefficient (Wildman–Crippen LogP) is 2.35. The minimum Gasteiger partial charge on any atom is -0.354 e. The van der Waals surface area contributed by atoms with E-state index in [9.17, 15) is 18.0 Å². The van der Waals surface area contributed by atoms with Gasteiger partial charge in [0.1, 0.15) is 0 Å². The molecule has 1 aliphatic heterocycles. The number of hydrogen-bond acceptors (Lipinski definition) is 4. The second kappa shape index (κ2) is 9.32. The van der Waals surface area contributed by atoms with Gasteiger partial charge in [-0.25, -0.2) is 8.42 Å². The molecule has 0 aromatic heterocycles. The first kappa shape index (κ1) is 21.4. The smallest absolute Gasteiger partial charge is 0.243 e. The van der Waals surface area contributed by atoms with Gasteiger partial charge in [-0.3, -0.25) is 9.59 Å². The Balaban J connectivity index is 1.92. The number of amides is 2. The average molecular weight is 396 g/mol. The SMILES string of the molecule is CC[C@@H](C)NC(=O)CC1CCN(S(=O)(=O)c2ccc(NC(C)=O)cc2)CC1. The van der Waals surface area contributed by atoms with Crippen molar-refractivity contribution in [1.29, 1.82) is 0 Å². The maximum absolute atomic E-state index is 12.8. The molecule has 0 saturated carbocycles. The summed E-state index contributed by atoms with van der Waals surface area (Å²) in [7, 11) is -3.56. The van der Waals surface area contributed by atoms with E-state index in [1.807, 2.05) is 13.8 Å². The fourth-order valence-corrected chi connectivity index (χ4v) is 4.58. The molecule has 27 heavy (non-hydrogen) atoms.